The van der Waals surface area contributed by atoms with E-state index >= 15 is 0 Å². The molecule has 1 saturated heterocycles. The number of rotatable bonds is 5. The molecule has 2 atom stereocenters. The van der Waals surface area contributed by atoms with Gasteiger partial charge in [0, 0.05) is 38.8 Å². The van der Waals surface area contributed by atoms with Gasteiger partial charge in [0.2, 0.25) is 0 Å². The van der Waals surface area contributed by atoms with Gasteiger partial charge in [-0.2, -0.15) is 0 Å². The Bertz CT molecular complexity index is 413. The molecule has 0 aromatic heterocycles. The van der Waals surface area contributed by atoms with Gasteiger partial charge in [-0.3, -0.25) is 9.80 Å². The summed E-state index contributed by atoms with van der Waals surface area (Å²) in [5, 5.41) is 10.4. The SMILES string of the molecule is CCC(C)N1CCN(CC(O)c2ccccc2C)CC1. The van der Waals surface area contributed by atoms with E-state index in [1.54, 1.807) is 0 Å². The second-order valence-electron chi connectivity index (χ2n) is 5.97. The van der Waals surface area contributed by atoms with Crippen LogP contribution in [0, 0.1) is 6.92 Å². The lowest BCUT2D eigenvalue weighted by molar-refractivity contribution is 0.0582. The molecule has 3 heteroatoms. The number of hydrogen-bond acceptors (Lipinski definition) is 3. The van der Waals surface area contributed by atoms with Crippen LogP contribution in [0.2, 0.25) is 0 Å². The number of piperazine rings is 1. The predicted octanol–water partition coefficient (Wildman–Crippen LogP) is 2.44. The summed E-state index contributed by atoms with van der Waals surface area (Å²) in [6.45, 7) is 11.7. The fraction of sp³-hybridized carbons (Fsp3) is 0.647. The Morgan fingerprint density at radius 1 is 1.15 bits per heavy atom. The quantitative estimate of drug-likeness (QED) is 0.895. The highest BCUT2D eigenvalue weighted by Gasteiger charge is 2.22. The molecule has 1 fully saturated rings. The molecule has 20 heavy (non-hydrogen) atoms. The van der Waals surface area contributed by atoms with Gasteiger partial charge >= 0.3 is 0 Å². The van der Waals surface area contributed by atoms with Crippen LogP contribution in [0.1, 0.15) is 37.5 Å². The smallest absolute Gasteiger partial charge is 0.0919 e. The van der Waals surface area contributed by atoms with Crippen LogP contribution in [0.15, 0.2) is 24.3 Å². The molecule has 1 aliphatic rings. The third-order valence-corrected chi connectivity index (χ3v) is 4.60. The van der Waals surface area contributed by atoms with Crippen molar-refractivity contribution in [2.45, 2.75) is 39.3 Å². The first-order valence-corrected chi connectivity index (χ1v) is 7.81. The first-order chi connectivity index (χ1) is 9.61. The highest BCUT2D eigenvalue weighted by Crippen LogP contribution is 2.19. The Morgan fingerprint density at radius 2 is 1.80 bits per heavy atom. The van der Waals surface area contributed by atoms with Crippen molar-refractivity contribution in [1.82, 2.24) is 9.80 Å². The van der Waals surface area contributed by atoms with Crippen molar-refractivity contribution in [3.05, 3.63) is 35.4 Å². The van der Waals surface area contributed by atoms with E-state index in [2.05, 4.69) is 36.6 Å². The molecule has 0 amide bonds. The average molecular weight is 276 g/mol. The number of aliphatic hydroxyl groups excluding tert-OH is 1. The van der Waals surface area contributed by atoms with E-state index in [-0.39, 0.29) is 6.10 Å². The van der Waals surface area contributed by atoms with Crippen LogP contribution in [-0.2, 0) is 0 Å². The number of aryl methyl sites for hydroxylation is 1. The molecule has 0 aliphatic carbocycles. The van der Waals surface area contributed by atoms with Crippen LogP contribution >= 0.6 is 0 Å². The Kier molecular flexibility index (Phi) is 5.58. The maximum atomic E-state index is 10.4. The summed E-state index contributed by atoms with van der Waals surface area (Å²) in [4.78, 5) is 4.94. The molecule has 0 saturated carbocycles. The summed E-state index contributed by atoms with van der Waals surface area (Å²) in [6.07, 6.45) is 0.845. The van der Waals surface area contributed by atoms with Gasteiger partial charge in [0.1, 0.15) is 0 Å². The fourth-order valence-electron chi connectivity index (χ4n) is 2.95. The molecular weight excluding hydrogens is 248 g/mol. The van der Waals surface area contributed by atoms with Crippen molar-refractivity contribution >= 4 is 0 Å². The maximum absolute atomic E-state index is 10.4. The zero-order valence-electron chi connectivity index (χ0n) is 13.0. The van der Waals surface area contributed by atoms with Crippen molar-refractivity contribution in [3.8, 4) is 0 Å². The molecule has 1 aromatic carbocycles. The largest absolute Gasteiger partial charge is 0.387 e. The lowest BCUT2D eigenvalue weighted by Crippen LogP contribution is -2.50. The molecule has 2 rings (SSSR count). The highest BCUT2D eigenvalue weighted by atomic mass is 16.3. The topological polar surface area (TPSA) is 26.7 Å². The summed E-state index contributed by atoms with van der Waals surface area (Å²) in [5.74, 6) is 0. The minimum absolute atomic E-state index is 0.369. The number of benzene rings is 1. The Labute approximate surface area is 123 Å². The molecule has 0 radical (unpaired) electrons. The molecule has 1 N–H and O–H groups in total. The van der Waals surface area contributed by atoms with Gasteiger partial charge in [-0.05, 0) is 31.4 Å². The number of β-amino-alcohol motifs (C(OH)–C–C–N with tert-alkyl or cyclic N) is 1. The molecule has 0 bridgehead atoms. The molecule has 112 valence electrons. The summed E-state index contributed by atoms with van der Waals surface area (Å²) >= 11 is 0. The monoisotopic (exact) mass is 276 g/mol. The van der Waals surface area contributed by atoms with Crippen molar-refractivity contribution in [2.75, 3.05) is 32.7 Å². The van der Waals surface area contributed by atoms with Gasteiger partial charge in [-0.1, -0.05) is 31.2 Å². The van der Waals surface area contributed by atoms with Gasteiger partial charge in [-0.25, -0.2) is 0 Å². The molecule has 1 heterocycles. The van der Waals surface area contributed by atoms with Gasteiger partial charge in [-0.15, -0.1) is 0 Å². The summed E-state index contributed by atoms with van der Waals surface area (Å²) in [7, 11) is 0. The van der Waals surface area contributed by atoms with E-state index in [0.29, 0.717) is 6.04 Å². The van der Waals surface area contributed by atoms with Gasteiger partial charge < -0.3 is 5.11 Å². The summed E-state index contributed by atoms with van der Waals surface area (Å²) in [6, 6.07) is 8.82. The molecule has 1 aliphatic heterocycles. The van der Waals surface area contributed by atoms with Crippen LogP contribution in [-0.4, -0.2) is 53.7 Å². The van der Waals surface area contributed by atoms with Crippen molar-refractivity contribution in [1.29, 1.82) is 0 Å². The normalized spacial score (nSPS) is 20.8. The standard InChI is InChI=1S/C17H28N2O/c1-4-15(3)19-11-9-18(10-12-19)13-17(20)16-8-6-5-7-14(16)2/h5-8,15,17,20H,4,9-13H2,1-3H3. The van der Waals surface area contributed by atoms with E-state index in [1.165, 1.54) is 12.0 Å². The highest BCUT2D eigenvalue weighted by molar-refractivity contribution is 5.27. The van der Waals surface area contributed by atoms with E-state index in [4.69, 9.17) is 0 Å². The minimum Gasteiger partial charge on any atom is -0.387 e. The first kappa shape index (κ1) is 15.5. The van der Waals surface area contributed by atoms with Gasteiger partial charge in [0.05, 0.1) is 6.10 Å². The Hall–Kier alpha value is -0.900. The predicted molar refractivity (Wildman–Crippen MR) is 83.9 cm³/mol. The Balaban J connectivity index is 1.85. The maximum Gasteiger partial charge on any atom is 0.0919 e. The van der Waals surface area contributed by atoms with E-state index in [0.717, 1.165) is 38.3 Å². The number of nitrogens with zero attached hydrogens (tertiary/aromatic N) is 2. The molecule has 3 nitrogen and oxygen atoms in total. The summed E-state index contributed by atoms with van der Waals surface area (Å²) < 4.78 is 0. The van der Waals surface area contributed by atoms with Crippen LogP contribution in [0.5, 0.6) is 0 Å². The van der Waals surface area contributed by atoms with Crippen LogP contribution in [0.3, 0.4) is 0 Å². The molecule has 2 unspecified atom stereocenters. The Morgan fingerprint density at radius 3 is 2.40 bits per heavy atom. The van der Waals surface area contributed by atoms with Crippen molar-refractivity contribution in [3.63, 3.8) is 0 Å². The summed E-state index contributed by atoms with van der Waals surface area (Å²) in [5.41, 5.74) is 2.25. The fourth-order valence-corrected chi connectivity index (χ4v) is 2.95. The molecule has 0 spiro atoms. The third-order valence-electron chi connectivity index (χ3n) is 4.60. The lowest BCUT2D eigenvalue weighted by atomic mass is 10.0. The molecular formula is C17H28N2O. The third kappa shape index (κ3) is 3.81. The van der Waals surface area contributed by atoms with Crippen LogP contribution in [0.4, 0.5) is 0 Å². The zero-order valence-corrected chi connectivity index (χ0v) is 13.0. The minimum atomic E-state index is -0.369. The van der Waals surface area contributed by atoms with E-state index in [9.17, 15) is 5.11 Å². The zero-order chi connectivity index (χ0) is 14.5. The lowest BCUT2D eigenvalue weighted by Gasteiger charge is -2.38. The number of hydrogen-bond donors (Lipinski definition) is 1. The molecule has 1 aromatic rings. The van der Waals surface area contributed by atoms with Crippen LogP contribution < -0.4 is 0 Å². The average Bonchev–Trinajstić information content (AvgIpc) is 2.47. The van der Waals surface area contributed by atoms with Gasteiger partial charge in [0.25, 0.3) is 0 Å². The van der Waals surface area contributed by atoms with E-state index < -0.39 is 0 Å². The number of aliphatic hydroxyl groups is 1. The van der Waals surface area contributed by atoms with Gasteiger partial charge in [0.15, 0.2) is 0 Å². The van der Waals surface area contributed by atoms with Crippen molar-refractivity contribution < 1.29 is 5.11 Å². The van der Waals surface area contributed by atoms with E-state index in [1.807, 2.05) is 18.2 Å². The second kappa shape index (κ2) is 7.21. The first-order valence-electron chi connectivity index (χ1n) is 7.81. The van der Waals surface area contributed by atoms with Crippen LogP contribution in [0.25, 0.3) is 0 Å². The second-order valence-corrected chi connectivity index (χ2v) is 5.97. The van der Waals surface area contributed by atoms with Crippen molar-refractivity contribution in [2.24, 2.45) is 0 Å².